The first-order valence-electron chi connectivity index (χ1n) is 6.95. The van der Waals surface area contributed by atoms with E-state index >= 15 is 0 Å². The van der Waals surface area contributed by atoms with E-state index in [2.05, 4.69) is 15.3 Å². The maximum Gasteiger partial charge on any atom is 0.135 e. The Morgan fingerprint density at radius 1 is 1.35 bits per heavy atom. The van der Waals surface area contributed by atoms with Gasteiger partial charge < -0.3 is 10.4 Å². The molecule has 0 bridgehead atoms. The van der Waals surface area contributed by atoms with Crippen molar-refractivity contribution in [3.63, 3.8) is 0 Å². The molecule has 0 saturated heterocycles. The number of anilines is 1. The SMILES string of the molecule is CC[C@](C)(O)c1cnc(NC2CC2)c2cnc(Cl)cc12. The van der Waals surface area contributed by atoms with E-state index in [1.165, 1.54) is 12.8 Å². The number of aliphatic hydroxyl groups is 1. The summed E-state index contributed by atoms with van der Waals surface area (Å²) in [6.07, 6.45) is 6.44. The summed E-state index contributed by atoms with van der Waals surface area (Å²) in [5.74, 6) is 0.822. The summed E-state index contributed by atoms with van der Waals surface area (Å²) in [7, 11) is 0. The standard InChI is InChI=1S/C15H18ClN3O/c1-3-15(2,20)12-8-18-14(19-9-4-5-9)11-7-17-13(16)6-10(11)12/h6-9,20H,3-5H2,1-2H3,(H,18,19)/t15-/m0/s1. The van der Waals surface area contributed by atoms with Crippen molar-refractivity contribution in [3.8, 4) is 0 Å². The molecule has 2 heterocycles. The van der Waals surface area contributed by atoms with Crippen LogP contribution in [0, 0.1) is 0 Å². The van der Waals surface area contributed by atoms with Gasteiger partial charge in [0.2, 0.25) is 0 Å². The summed E-state index contributed by atoms with van der Waals surface area (Å²) < 4.78 is 0. The van der Waals surface area contributed by atoms with Crippen LogP contribution in [0.3, 0.4) is 0 Å². The second-order valence-electron chi connectivity index (χ2n) is 5.62. The van der Waals surface area contributed by atoms with Gasteiger partial charge in [0.05, 0.1) is 5.60 Å². The Morgan fingerprint density at radius 3 is 2.75 bits per heavy atom. The maximum absolute atomic E-state index is 10.5. The minimum absolute atomic E-state index is 0.425. The third kappa shape index (κ3) is 2.45. The van der Waals surface area contributed by atoms with Crippen LogP contribution in [0.4, 0.5) is 5.82 Å². The largest absolute Gasteiger partial charge is 0.385 e. The molecule has 2 aromatic rings. The normalized spacial score (nSPS) is 18.0. The van der Waals surface area contributed by atoms with E-state index < -0.39 is 5.60 Å². The van der Waals surface area contributed by atoms with Crippen LogP contribution in [0.1, 0.15) is 38.7 Å². The second-order valence-corrected chi connectivity index (χ2v) is 6.01. The topological polar surface area (TPSA) is 58.0 Å². The molecule has 3 rings (SSSR count). The average Bonchev–Trinajstić information content (AvgIpc) is 3.22. The highest BCUT2D eigenvalue weighted by Gasteiger charge is 2.27. The van der Waals surface area contributed by atoms with E-state index in [1.807, 2.05) is 6.92 Å². The van der Waals surface area contributed by atoms with Crippen molar-refractivity contribution in [1.82, 2.24) is 9.97 Å². The zero-order valence-electron chi connectivity index (χ0n) is 11.7. The zero-order valence-corrected chi connectivity index (χ0v) is 12.4. The highest BCUT2D eigenvalue weighted by atomic mass is 35.5. The third-order valence-electron chi connectivity index (χ3n) is 3.93. The minimum Gasteiger partial charge on any atom is -0.385 e. The van der Waals surface area contributed by atoms with Crippen molar-refractivity contribution in [1.29, 1.82) is 0 Å². The van der Waals surface area contributed by atoms with Gasteiger partial charge >= 0.3 is 0 Å². The Balaban J connectivity index is 2.19. The molecule has 0 radical (unpaired) electrons. The lowest BCUT2D eigenvalue weighted by Crippen LogP contribution is -2.21. The fourth-order valence-corrected chi connectivity index (χ4v) is 2.42. The van der Waals surface area contributed by atoms with E-state index in [1.54, 1.807) is 25.4 Å². The van der Waals surface area contributed by atoms with Gasteiger partial charge in [-0.1, -0.05) is 18.5 Å². The molecule has 20 heavy (non-hydrogen) atoms. The molecule has 0 aromatic carbocycles. The summed E-state index contributed by atoms with van der Waals surface area (Å²) in [5.41, 5.74) is -0.130. The van der Waals surface area contributed by atoms with Crippen molar-refractivity contribution in [2.75, 3.05) is 5.32 Å². The predicted molar refractivity (Wildman–Crippen MR) is 81.1 cm³/mol. The fraction of sp³-hybridized carbons (Fsp3) is 0.467. The number of fused-ring (bicyclic) bond motifs is 1. The monoisotopic (exact) mass is 291 g/mol. The summed E-state index contributed by atoms with van der Waals surface area (Å²) >= 11 is 6.02. The molecular formula is C15H18ClN3O. The lowest BCUT2D eigenvalue weighted by molar-refractivity contribution is 0.0543. The highest BCUT2D eigenvalue weighted by Crippen LogP contribution is 2.35. The van der Waals surface area contributed by atoms with Gasteiger partial charge in [-0.05, 0) is 37.6 Å². The fourth-order valence-electron chi connectivity index (χ4n) is 2.27. The van der Waals surface area contributed by atoms with Gasteiger partial charge in [-0.15, -0.1) is 0 Å². The number of hydrogen-bond donors (Lipinski definition) is 2. The molecule has 2 N–H and O–H groups in total. The number of nitrogens with one attached hydrogen (secondary N) is 1. The van der Waals surface area contributed by atoms with Crippen molar-refractivity contribution in [3.05, 3.63) is 29.2 Å². The summed E-state index contributed by atoms with van der Waals surface area (Å²) in [4.78, 5) is 8.63. The lowest BCUT2D eigenvalue weighted by Gasteiger charge is -2.24. The van der Waals surface area contributed by atoms with Crippen LogP contribution < -0.4 is 5.32 Å². The number of rotatable bonds is 4. The van der Waals surface area contributed by atoms with Crippen molar-refractivity contribution < 1.29 is 5.11 Å². The van der Waals surface area contributed by atoms with E-state index in [9.17, 15) is 5.11 Å². The first-order valence-corrected chi connectivity index (χ1v) is 7.32. The van der Waals surface area contributed by atoms with Crippen molar-refractivity contribution >= 4 is 28.2 Å². The number of aromatic nitrogens is 2. The first-order chi connectivity index (χ1) is 9.51. The molecule has 1 aliphatic carbocycles. The van der Waals surface area contributed by atoms with Crippen LogP contribution in [0.15, 0.2) is 18.5 Å². The molecule has 5 heteroatoms. The average molecular weight is 292 g/mol. The van der Waals surface area contributed by atoms with Crippen LogP contribution in [0.2, 0.25) is 5.15 Å². The lowest BCUT2D eigenvalue weighted by atomic mass is 9.91. The molecule has 1 fully saturated rings. The summed E-state index contributed by atoms with van der Waals surface area (Å²) in [6, 6.07) is 2.31. The quantitative estimate of drug-likeness (QED) is 0.847. The smallest absolute Gasteiger partial charge is 0.135 e. The minimum atomic E-state index is -0.923. The molecule has 2 aromatic heterocycles. The highest BCUT2D eigenvalue weighted by molar-refractivity contribution is 6.30. The van der Waals surface area contributed by atoms with Gasteiger partial charge in [0.15, 0.2) is 0 Å². The maximum atomic E-state index is 10.5. The second kappa shape index (κ2) is 4.86. The Bertz CT molecular complexity index is 653. The van der Waals surface area contributed by atoms with E-state index in [0.29, 0.717) is 17.6 Å². The van der Waals surface area contributed by atoms with Gasteiger partial charge in [-0.2, -0.15) is 0 Å². The van der Waals surface area contributed by atoms with Crippen LogP contribution in [-0.4, -0.2) is 21.1 Å². The van der Waals surface area contributed by atoms with Gasteiger partial charge in [0.1, 0.15) is 11.0 Å². The molecule has 0 amide bonds. The number of halogens is 1. The molecule has 0 unspecified atom stereocenters. The van der Waals surface area contributed by atoms with Gasteiger partial charge in [-0.3, -0.25) is 0 Å². The summed E-state index contributed by atoms with van der Waals surface area (Å²) in [6.45, 7) is 3.75. The molecule has 1 aliphatic rings. The summed E-state index contributed by atoms with van der Waals surface area (Å²) in [5, 5.41) is 16.2. The van der Waals surface area contributed by atoms with E-state index in [4.69, 9.17) is 11.6 Å². The Kier molecular flexibility index (Phi) is 3.30. The molecule has 0 spiro atoms. The number of hydrogen-bond acceptors (Lipinski definition) is 4. The number of pyridine rings is 2. The van der Waals surface area contributed by atoms with Crippen molar-refractivity contribution in [2.24, 2.45) is 0 Å². The third-order valence-corrected chi connectivity index (χ3v) is 4.13. The molecule has 4 nitrogen and oxygen atoms in total. The van der Waals surface area contributed by atoms with Gasteiger partial charge in [0.25, 0.3) is 0 Å². The van der Waals surface area contributed by atoms with E-state index in [0.717, 1.165) is 22.2 Å². The van der Waals surface area contributed by atoms with Crippen molar-refractivity contribution in [2.45, 2.75) is 44.8 Å². The van der Waals surface area contributed by atoms with Gasteiger partial charge in [0, 0.05) is 29.4 Å². The molecule has 106 valence electrons. The van der Waals surface area contributed by atoms with E-state index in [-0.39, 0.29) is 0 Å². The van der Waals surface area contributed by atoms with Gasteiger partial charge in [-0.25, -0.2) is 9.97 Å². The molecule has 1 atom stereocenters. The Hall–Kier alpha value is -1.39. The zero-order chi connectivity index (χ0) is 14.3. The Labute approximate surface area is 123 Å². The number of nitrogens with zero attached hydrogens (tertiary/aromatic N) is 2. The van der Waals surface area contributed by atoms with Crippen LogP contribution in [0.25, 0.3) is 10.8 Å². The van der Waals surface area contributed by atoms with Crippen LogP contribution in [-0.2, 0) is 5.60 Å². The molecule has 1 saturated carbocycles. The first kappa shape index (κ1) is 13.6. The van der Waals surface area contributed by atoms with Crippen LogP contribution in [0.5, 0.6) is 0 Å². The van der Waals surface area contributed by atoms with Crippen LogP contribution >= 0.6 is 11.6 Å². The predicted octanol–water partition coefficient (Wildman–Crippen LogP) is 3.48. The Morgan fingerprint density at radius 2 is 2.10 bits per heavy atom. The molecular weight excluding hydrogens is 274 g/mol. The molecule has 0 aliphatic heterocycles.